The lowest BCUT2D eigenvalue weighted by Gasteiger charge is -2.10. The van der Waals surface area contributed by atoms with Crippen LogP contribution >= 0.6 is 15.9 Å². The Morgan fingerprint density at radius 1 is 1.00 bits per heavy atom. The minimum atomic E-state index is -0.0833. The fourth-order valence-electron chi connectivity index (χ4n) is 3.07. The summed E-state index contributed by atoms with van der Waals surface area (Å²) in [7, 11) is 0. The number of fused-ring (bicyclic) bond motifs is 1. The molecule has 3 rings (SSSR count). The number of benzene rings is 2. The third-order valence-electron chi connectivity index (χ3n) is 4.47. The van der Waals surface area contributed by atoms with Crippen LogP contribution in [0.2, 0.25) is 0 Å². The molecule has 1 heterocycles. The molecule has 0 saturated carbocycles. The Balaban J connectivity index is 1.69. The van der Waals surface area contributed by atoms with Crippen molar-refractivity contribution in [2.45, 2.75) is 52.1 Å². The second-order valence-electron chi connectivity index (χ2n) is 7.93. The average Bonchev–Trinajstić information content (AvgIpc) is 2.94. The molecule has 3 aromatic rings. The summed E-state index contributed by atoms with van der Waals surface area (Å²) in [6.07, 6.45) is 5.11. The Hall–Kier alpha value is -2.31. The predicted molar refractivity (Wildman–Crippen MR) is 124 cm³/mol. The lowest BCUT2D eigenvalue weighted by molar-refractivity contribution is 0.586. The molecule has 0 fully saturated rings. The van der Waals surface area contributed by atoms with Crippen LogP contribution in [-0.2, 0) is 6.54 Å². The highest BCUT2D eigenvalue weighted by Gasteiger charge is 2.14. The van der Waals surface area contributed by atoms with Crippen molar-refractivity contribution < 1.29 is 0 Å². The number of hydrogen-bond donors (Lipinski definition) is 0. The van der Waals surface area contributed by atoms with Gasteiger partial charge in [0.25, 0.3) is 0 Å². The van der Waals surface area contributed by atoms with Crippen LogP contribution in [0.5, 0.6) is 0 Å². The molecule has 0 aliphatic rings. The number of unbranched alkanes of at least 4 members (excludes halogenated alkanes) is 2. The number of aliphatic imine (C=N–C) groups is 1. The van der Waals surface area contributed by atoms with Crippen molar-refractivity contribution in [2.75, 3.05) is 0 Å². The third kappa shape index (κ3) is 5.36. The van der Waals surface area contributed by atoms with E-state index >= 15 is 0 Å². The highest BCUT2D eigenvalue weighted by molar-refractivity contribution is 9.10. The van der Waals surface area contributed by atoms with Crippen LogP contribution in [0.3, 0.4) is 0 Å². The Labute approximate surface area is 176 Å². The van der Waals surface area contributed by atoms with Gasteiger partial charge in [-0.1, -0.05) is 48.2 Å². The fourth-order valence-corrected chi connectivity index (χ4v) is 3.75. The van der Waals surface area contributed by atoms with E-state index in [0.29, 0.717) is 0 Å². The topological polar surface area (TPSA) is 17.3 Å². The maximum absolute atomic E-state index is 4.71. The van der Waals surface area contributed by atoms with Gasteiger partial charge in [-0.05, 0) is 67.7 Å². The van der Waals surface area contributed by atoms with E-state index in [1.54, 1.807) is 0 Å². The summed E-state index contributed by atoms with van der Waals surface area (Å²) >= 11 is 3.82. The number of aryl methyl sites for hydroxylation is 1. The monoisotopic (exact) mass is 434 g/mol. The lowest BCUT2D eigenvalue weighted by atomic mass is 10.1. The Bertz CT molecular complexity index is 1010. The van der Waals surface area contributed by atoms with Gasteiger partial charge >= 0.3 is 0 Å². The van der Waals surface area contributed by atoms with Gasteiger partial charge in [0.05, 0.1) is 10.1 Å². The summed E-state index contributed by atoms with van der Waals surface area (Å²) in [5, 5.41) is 1.24. The van der Waals surface area contributed by atoms with Gasteiger partial charge in [-0.15, -0.1) is 0 Å². The molecular formula is C25H27BrN2. The van der Waals surface area contributed by atoms with Crippen LogP contribution in [0.4, 0.5) is 0 Å². The van der Waals surface area contributed by atoms with Gasteiger partial charge in [-0.2, -0.15) is 0 Å². The zero-order chi connectivity index (χ0) is 20.0. The van der Waals surface area contributed by atoms with Crippen LogP contribution in [0.15, 0.2) is 64.2 Å². The Morgan fingerprint density at radius 2 is 1.71 bits per heavy atom. The molecule has 3 heteroatoms. The number of rotatable bonds is 5. The van der Waals surface area contributed by atoms with Crippen molar-refractivity contribution in [3.63, 3.8) is 0 Å². The summed E-state index contributed by atoms with van der Waals surface area (Å²) in [6, 6.07) is 18.7. The summed E-state index contributed by atoms with van der Waals surface area (Å²) in [6.45, 7) is 7.32. The zero-order valence-electron chi connectivity index (χ0n) is 16.9. The van der Waals surface area contributed by atoms with Crippen LogP contribution in [0.25, 0.3) is 10.9 Å². The molecule has 2 nitrogen and oxygen atoms in total. The van der Waals surface area contributed by atoms with Crippen molar-refractivity contribution in [1.82, 2.24) is 4.57 Å². The molecule has 0 spiro atoms. The Morgan fingerprint density at radius 3 is 2.46 bits per heavy atom. The lowest BCUT2D eigenvalue weighted by Crippen LogP contribution is -2.09. The quantitative estimate of drug-likeness (QED) is 0.237. The largest absolute Gasteiger partial charge is 0.335 e. The van der Waals surface area contributed by atoms with Crippen molar-refractivity contribution in [2.24, 2.45) is 4.99 Å². The Kier molecular flexibility index (Phi) is 6.75. The van der Waals surface area contributed by atoms with Crippen LogP contribution in [0.1, 0.15) is 51.2 Å². The fraction of sp³-hybridized carbons (Fsp3) is 0.320. The summed E-state index contributed by atoms with van der Waals surface area (Å²) in [5.74, 6) is 6.53. The first-order valence-corrected chi connectivity index (χ1v) is 10.6. The zero-order valence-corrected chi connectivity index (χ0v) is 18.5. The third-order valence-corrected chi connectivity index (χ3v) is 5.32. The van der Waals surface area contributed by atoms with Crippen molar-refractivity contribution >= 4 is 33.0 Å². The highest BCUT2D eigenvalue weighted by atomic mass is 79.9. The summed E-state index contributed by atoms with van der Waals surface area (Å²) < 4.78 is 3.46. The molecule has 144 valence electrons. The van der Waals surface area contributed by atoms with E-state index < -0.39 is 0 Å². The predicted octanol–water partition coefficient (Wildman–Crippen LogP) is 6.84. The van der Waals surface area contributed by atoms with Gasteiger partial charge in [-0.25, -0.2) is 0 Å². The van der Waals surface area contributed by atoms with Gasteiger partial charge in [0.2, 0.25) is 0 Å². The molecule has 0 aliphatic heterocycles. The van der Waals surface area contributed by atoms with Gasteiger partial charge in [0.1, 0.15) is 0 Å². The molecular weight excluding hydrogens is 408 g/mol. The molecule has 0 aliphatic carbocycles. The molecule has 1 aromatic heterocycles. The van der Waals surface area contributed by atoms with Gasteiger partial charge in [-0.3, -0.25) is 4.99 Å². The summed E-state index contributed by atoms with van der Waals surface area (Å²) in [4.78, 5) is 4.71. The van der Waals surface area contributed by atoms with Crippen molar-refractivity contribution in [3.8, 4) is 11.8 Å². The average molecular weight is 435 g/mol. The summed E-state index contributed by atoms with van der Waals surface area (Å²) in [5.41, 5.74) is 3.42. The standard InChI is InChI=1S/C25H27BrN2/c1-25(2,3)27-19-22-21-16-10-11-17-23(21)28(24(22)26)18-12-5-4-7-13-20-14-8-6-9-15-20/h6,8-11,14-17,19H,4-5,12,18H2,1-3H3. The molecule has 0 saturated heterocycles. The van der Waals surface area contributed by atoms with E-state index in [-0.39, 0.29) is 5.54 Å². The maximum Gasteiger partial charge on any atom is 0.0946 e. The van der Waals surface area contributed by atoms with Crippen LogP contribution < -0.4 is 0 Å². The van der Waals surface area contributed by atoms with E-state index in [0.717, 1.165) is 41.5 Å². The number of aromatic nitrogens is 1. The SMILES string of the molecule is CC(C)(C)N=Cc1c(Br)n(CCCCC#Cc2ccccc2)c2ccccc12. The first-order chi connectivity index (χ1) is 13.5. The second-order valence-corrected chi connectivity index (χ2v) is 8.68. The first-order valence-electron chi connectivity index (χ1n) is 9.81. The van der Waals surface area contributed by atoms with Crippen LogP contribution in [0, 0.1) is 11.8 Å². The molecule has 0 N–H and O–H groups in total. The van der Waals surface area contributed by atoms with Crippen molar-refractivity contribution in [1.29, 1.82) is 0 Å². The smallest absolute Gasteiger partial charge is 0.0946 e. The number of hydrogen-bond acceptors (Lipinski definition) is 1. The molecule has 0 bridgehead atoms. The van der Waals surface area contributed by atoms with E-state index in [9.17, 15) is 0 Å². The van der Waals surface area contributed by atoms with E-state index in [1.807, 2.05) is 24.4 Å². The van der Waals surface area contributed by atoms with E-state index in [4.69, 9.17) is 4.99 Å². The molecule has 0 radical (unpaired) electrons. The number of para-hydroxylation sites is 1. The minimum Gasteiger partial charge on any atom is -0.335 e. The molecule has 28 heavy (non-hydrogen) atoms. The first kappa shape index (κ1) is 20.4. The highest BCUT2D eigenvalue weighted by Crippen LogP contribution is 2.30. The maximum atomic E-state index is 4.71. The second kappa shape index (κ2) is 9.26. The van der Waals surface area contributed by atoms with E-state index in [2.05, 4.69) is 89.5 Å². The number of halogens is 1. The van der Waals surface area contributed by atoms with Crippen LogP contribution in [-0.4, -0.2) is 16.3 Å². The van der Waals surface area contributed by atoms with Gasteiger partial charge < -0.3 is 4.57 Å². The normalized spacial score (nSPS) is 11.7. The molecule has 0 atom stereocenters. The molecule has 0 unspecified atom stereocenters. The molecule has 0 amide bonds. The van der Waals surface area contributed by atoms with E-state index in [1.165, 1.54) is 10.9 Å². The van der Waals surface area contributed by atoms with Gasteiger partial charge in [0, 0.05) is 41.2 Å². The number of nitrogens with zero attached hydrogens (tertiary/aromatic N) is 2. The van der Waals surface area contributed by atoms with Crippen molar-refractivity contribution in [3.05, 3.63) is 70.3 Å². The molecule has 2 aromatic carbocycles. The van der Waals surface area contributed by atoms with Gasteiger partial charge in [0.15, 0.2) is 0 Å². The minimum absolute atomic E-state index is 0.0833.